The number of carbonyl (C=O) groups is 2. The largest absolute Gasteiger partial charge is 0.341 e. The van der Waals surface area contributed by atoms with E-state index in [0.717, 1.165) is 44.3 Å². The van der Waals surface area contributed by atoms with Crippen LogP contribution in [0.3, 0.4) is 0 Å². The highest BCUT2D eigenvalue weighted by atomic mass is 19.1. The maximum atomic E-state index is 13.2. The molecule has 0 aromatic heterocycles. The summed E-state index contributed by atoms with van der Waals surface area (Å²) in [6.45, 7) is 4.49. The van der Waals surface area contributed by atoms with Gasteiger partial charge in [0.05, 0.1) is 0 Å². The van der Waals surface area contributed by atoms with Crippen LogP contribution in [0.15, 0.2) is 24.3 Å². The molecule has 2 fully saturated rings. The number of halogens is 1. The molecule has 25 heavy (non-hydrogen) atoms. The fourth-order valence-corrected chi connectivity index (χ4v) is 3.85. The Morgan fingerprint density at radius 2 is 1.92 bits per heavy atom. The summed E-state index contributed by atoms with van der Waals surface area (Å²) < 4.78 is 13.2. The van der Waals surface area contributed by atoms with Crippen LogP contribution < -0.4 is 0 Å². The number of amides is 2. The molecule has 0 radical (unpaired) electrons. The Hall–Kier alpha value is -1.91. The van der Waals surface area contributed by atoms with E-state index in [1.54, 1.807) is 11.0 Å². The van der Waals surface area contributed by atoms with Gasteiger partial charge in [-0.1, -0.05) is 19.1 Å². The van der Waals surface area contributed by atoms with Gasteiger partial charge in [-0.25, -0.2) is 4.39 Å². The molecule has 1 unspecified atom stereocenters. The average Bonchev–Trinajstić information content (AvgIpc) is 3.09. The third kappa shape index (κ3) is 4.39. The highest BCUT2D eigenvalue weighted by Crippen LogP contribution is 2.24. The highest BCUT2D eigenvalue weighted by Gasteiger charge is 2.36. The maximum Gasteiger partial charge on any atom is 0.245 e. The van der Waals surface area contributed by atoms with Gasteiger partial charge < -0.3 is 9.80 Å². The van der Waals surface area contributed by atoms with E-state index in [4.69, 9.17) is 0 Å². The van der Waals surface area contributed by atoms with Crippen LogP contribution >= 0.6 is 0 Å². The molecule has 0 bridgehead atoms. The molecule has 2 heterocycles. The lowest BCUT2D eigenvalue weighted by Crippen LogP contribution is -2.49. The molecule has 0 aliphatic carbocycles. The van der Waals surface area contributed by atoms with Crippen molar-refractivity contribution >= 4 is 11.8 Å². The molecular weight excluding hydrogens is 319 g/mol. The van der Waals surface area contributed by atoms with Crippen molar-refractivity contribution in [1.29, 1.82) is 0 Å². The Morgan fingerprint density at radius 1 is 1.16 bits per heavy atom. The number of aryl methyl sites for hydroxylation is 1. The van der Waals surface area contributed by atoms with E-state index >= 15 is 0 Å². The Labute approximate surface area is 149 Å². The zero-order valence-electron chi connectivity index (χ0n) is 14.9. The minimum Gasteiger partial charge on any atom is -0.341 e. The number of benzene rings is 1. The van der Waals surface area contributed by atoms with Gasteiger partial charge in [-0.2, -0.15) is 0 Å². The minimum atomic E-state index is -0.298. The van der Waals surface area contributed by atoms with Gasteiger partial charge >= 0.3 is 0 Å². The Kier molecular flexibility index (Phi) is 5.71. The lowest BCUT2D eigenvalue weighted by atomic mass is 9.98. The molecule has 2 saturated heterocycles. The van der Waals surface area contributed by atoms with E-state index < -0.39 is 0 Å². The standard InChI is InChI=1S/C20H27FN2O2/c1-15-9-12-22(13-10-15)20(25)18-6-3-11-23(18)19(24)8-7-16-4-2-5-17(21)14-16/h2,4-5,14-15,18H,3,6-13H2,1H3. The van der Waals surface area contributed by atoms with Crippen LogP contribution in [-0.2, 0) is 16.0 Å². The lowest BCUT2D eigenvalue weighted by Gasteiger charge is -2.34. The fraction of sp³-hybridized carbons (Fsp3) is 0.600. The molecule has 3 rings (SSSR count). The third-order valence-electron chi connectivity index (χ3n) is 5.47. The van der Waals surface area contributed by atoms with Crippen LogP contribution in [0.2, 0.25) is 0 Å². The maximum absolute atomic E-state index is 13.2. The molecule has 136 valence electrons. The smallest absolute Gasteiger partial charge is 0.245 e. The van der Waals surface area contributed by atoms with Crippen molar-refractivity contribution in [2.75, 3.05) is 19.6 Å². The number of nitrogens with zero attached hydrogens (tertiary/aromatic N) is 2. The van der Waals surface area contributed by atoms with Gasteiger partial charge in [0.1, 0.15) is 11.9 Å². The Morgan fingerprint density at radius 3 is 2.64 bits per heavy atom. The molecule has 1 aromatic carbocycles. The fourth-order valence-electron chi connectivity index (χ4n) is 3.85. The first-order valence-corrected chi connectivity index (χ1v) is 9.37. The molecule has 0 saturated carbocycles. The monoisotopic (exact) mass is 346 g/mol. The van der Waals surface area contributed by atoms with E-state index in [2.05, 4.69) is 6.92 Å². The molecule has 0 N–H and O–H groups in total. The summed E-state index contributed by atoms with van der Waals surface area (Å²) in [6, 6.07) is 6.06. The van der Waals surface area contributed by atoms with Crippen molar-refractivity contribution in [3.05, 3.63) is 35.6 Å². The summed E-state index contributed by atoms with van der Waals surface area (Å²) in [7, 11) is 0. The van der Waals surface area contributed by atoms with Gasteiger partial charge in [-0.3, -0.25) is 9.59 Å². The van der Waals surface area contributed by atoms with Crippen molar-refractivity contribution in [3.63, 3.8) is 0 Å². The summed E-state index contributed by atoms with van der Waals surface area (Å²) in [5.41, 5.74) is 0.820. The number of carbonyl (C=O) groups excluding carboxylic acids is 2. The molecular formula is C20H27FN2O2. The van der Waals surface area contributed by atoms with Crippen LogP contribution in [0.25, 0.3) is 0 Å². The zero-order chi connectivity index (χ0) is 17.8. The predicted molar refractivity (Wildman–Crippen MR) is 94.4 cm³/mol. The van der Waals surface area contributed by atoms with Crippen LogP contribution in [0, 0.1) is 11.7 Å². The Balaban J connectivity index is 1.57. The predicted octanol–water partition coefficient (Wildman–Crippen LogP) is 3.01. The SMILES string of the molecule is CC1CCN(C(=O)C2CCCN2C(=O)CCc2cccc(F)c2)CC1. The molecule has 1 aromatic rings. The average molecular weight is 346 g/mol. The molecule has 2 aliphatic heterocycles. The molecule has 5 heteroatoms. The van der Waals surface area contributed by atoms with E-state index in [9.17, 15) is 14.0 Å². The van der Waals surface area contributed by atoms with Crippen LogP contribution in [0.1, 0.15) is 44.6 Å². The van der Waals surface area contributed by atoms with Gasteiger partial charge in [0, 0.05) is 26.1 Å². The molecule has 2 amide bonds. The van der Waals surface area contributed by atoms with Gasteiger partial charge in [0.25, 0.3) is 0 Å². The van der Waals surface area contributed by atoms with Gasteiger partial charge in [-0.15, -0.1) is 0 Å². The van der Waals surface area contributed by atoms with Crippen molar-refractivity contribution in [2.24, 2.45) is 5.92 Å². The molecule has 2 aliphatic rings. The summed E-state index contributed by atoms with van der Waals surface area (Å²) in [4.78, 5) is 29.1. The first-order chi connectivity index (χ1) is 12.0. The van der Waals surface area contributed by atoms with E-state index in [-0.39, 0.29) is 23.7 Å². The second-order valence-electron chi connectivity index (χ2n) is 7.38. The van der Waals surface area contributed by atoms with Crippen molar-refractivity contribution in [2.45, 2.75) is 51.5 Å². The summed E-state index contributed by atoms with van der Waals surface area (Å²) in [6.07, 6.45) is 4.57. The van der Waals surface area contributed by atoms with E-state index in [0.29, 0.717) is 25.3 Å². The normalized spacial score (nSPS) is 21.6. The van der Waals surface area contributed by atoms with Crippen molar-refractivity contribution < 1.29 is 14.0 Å². The summed E-state index contributed by atoms with van der Waals surface area (Å²) in [5, 5.41) is 0. The summed E-state index contributed by atoms with van der Waals surface area (Å²) >= 11 is 0. The summed E-state index contributed by atoms with van der Waals surface area (Å²) in [5.74, 6) is 0.518. The third-order valence-corrected chi connectivity index (χ3v) is 5.47. The molecule has 0 spiro atoms. The second kappa shape index (κ2) is 7.98. The first kappa shape index (κ1) is 17.9. The van der Waals surface area contributed by atoms with Crippen LogP contribution in [0.5, 0.6) is 0 Å². The number of rotatable bonds is 4. The van der Waals surface area contributed by atoms with Gasteiger partial charge in [-0.05, 0) is 55.7 Å². The first-order valence-electron chi connectivity index (χ1n) is 9.37. The van der Waals surface area contributed by atoms with Crippen LogP contribution in [-0.4, -0.2) is 47.3 Å². The van der Waals surface area contributed by atoms with Crippen molar-refractivity contribution in [3.8, 4) is 0 Å². The number of piperidine rings is 1. The van der Waals surface area contributed by atoms with Gasteiger partial charge in [0.2, 0.25) is 11.8 Å². The topological polar surface area (TPSA) is 40.6 Å². The van der Waals surface area contributed by atoms with E-state index in [1.165, 1.54) is 12.1 Å². The lowest BCUT2D eigenvalue weighted by molar-refractivity contribution is -0.144. The molecule has 1 atom stereocenters. The van der Waals surface area contributed by atoms with Crippen molar-refractivity contribution in [1.82, 2.24) is 9.80 Å². The van der Waals surface area contributed by atoms with Gasteiger partial charge in [0.15, 0.2) is 0 Å². The number of hydrogen-bond acceptors (Lipinski definition) is 2. The zero-order valence-corrected chi connectivity index (χ0v) is 14.9. The quantitative estimate of drug-likeness (QED) is 0.841. The second-order valence-corrected chi connectivity index (χ2v) is 7.38. The van der Waals surface area contributed by atoms with E-state index in [1.807, 2.05) is 11.0 Å². The van der Waals surface area contributed by atoms with Crippen LogP contribution in [0.4, 0.5) is 4.39 Å². The number of likely N-dealkylation sites (tertiary alicyclic amines) is 2. The number of hydrogen-bond donors (Lipinski definition) is 0. The minimum absolute atomic E-state index is 0.00508. The highest BCUT2D eigenvalue weighted by molar-refractivity contribution is 5.88. The Bertz CT molecular complexity index is 626. The molecule has 4 nitrogen and oxygen atoms in total.